The standard InChI is InChI=1S/C16H23N5O2.HI/c1-4-17-16(18-11-13-8-9-19-21-13)20-12-6-7-14(23-5-2)15(10-12)22-3;/h6-10H,4-5,11H2,1-3H3,(H,19,21)(H2,17,18,20);1H. The van der Waals surface area contributed by atoms with Crippen LogP contribution in [0.1, 0.15) is 19.5 Å². The van der Waals surface area contributed by atoms with Crippen LogP contribution in [0, 0.1) is 0 Å². The number of anilines is 1. The highest BCUT2D eigenvalue weighted by atomic mass is 127. The molecule has 0 spiro atoms. The van der Waals surface area contributed by atoms with Crippen LogP contribution < -0.4 is 20.1 Å². The number of hydrogen-bond donors (Lipinski definition) is 3. The highest BCUT2D eigenvalue weighted by Gasteiger charge is 2.07. The van der Waals surface area contributed by atoms with Crippen LogP contribution in [0.3, 0.4) is 0 Å². The number of nitrogens with one attached hydrogen (secondary N) is 3. The smallest absolute Gasteiger partial charge is 0.196 e. The van der Waals surface area contributed by atoms with Gasteiger partial charge in [-0.3, -0.25) is 5.10 Å². The van der Waals surface area contributed by atoms with Gasteiger partial charge in [-0.15, -0.1) is 24.0 Å². The van der Waals surface area contributed by atoms with Crippen molar-refractivity contribution in [2.45, 2.75) is 20.4 Å². The molecular weight excluding hydrogens is 421 g/mol. The number of aromatic nitrogens is 2. The lowest BCUT2D eigenvalue weighted by molar-refractivity contribution is 0.311. The zero-order valence-corrected chi connectivity index (χ0v) is 16.5. The Morgan fingerprint density at radius 1 is 1.25 bits per heavy atom. The molecule has 0 atom stereocenters. The van der Waals surface area contributed by atoms with E-state index in [1.807, 2.05) is 38.1 Å². The molecule has 0 saturated heterocycles. The van der Waals surface area contributed by atoms with Gasteiger partial charge in [0.15, 0.2) is 17.5 Å². The van der Waals surface area contributed by atoms with Crippen LogP contribution in [-0.4, -0.2) is 36.4 Å². The van der Waals surface area contributed by atoms with E-state index in [1.165, 1.54) is 0 Å². The number of ether oxygens (including phenoxy) is 2. The molecule has 0 fully saturated rings. The number of aliphatic imine (C=N–C) groups is 1. The first-order valence-electron chi connectivity index (χ1n) is 7.61. The van der Waals surface area contributed by atoms with Gasteiger partial charge in [-0.2, -0.15) is 5.10 Å². The van der Waals surface area contributed by atoms with E-state index in [9.17, 15) is 0 Å². The molecule has 0 aliphatic carbocycles. The summed E-state index contributed by atoms with van der Waals surface area (Å²) in [6, 6.07) is 7.58. The predicted octanol–water partition coefficient (Wildman–Crippen LogP) is 3.01. The molecule has 0 unspecified atom stereocenters. The van der Waals surface area contributed by atoms with Crippen LogP contribution in [0.5, 0.6) is 11.5 Å². The lowest BCUT2D eigenvalue weighted by Gasteiger charge is -2.14. The van der Waals surface area contributed by atoms with Gasteiger partial charge >= 0.3 is 0 Å². The molecule has 132 valence electrons. The van der Waals surface area contributed by atoms with Crippen LogP contribution >= 0.6 is 24.0 Å². The van der Waals surface area contributed by atoms with E-state index in [4.69, 9.17) is 9.47 Å². The Labute approximate surface area is 159 Å². The van der Waals surface area contributed by atoms with Gasteiger partial charge in [0, 0.05) is 24.5 Å². The molecule has 3 N–H and O–H groups in total. The fraction of sp³-hybridized carbons (Fsp3) is 0.375. The maximum absolute atomic E-state index is 5.52. The van der Waals surface area contributed by atoms with Gasteiger partial charge in [0.25, 0.3) is 0 Å². The molecule has 2 rings (SSSR count). The first-order chi connectivity index (χ1) is 11.3. The first-order valence-corrected chi connectivity index (χ1v) is 7.61. The third-order valence-electron chi connectivity index (χ3n) is 3.04. The Morgan fingerprint density at radius 3 is 2.71 bits per heavy atom. The van der Waals surface area contributed by atoms with Gasteiger partial charge in [0.2, 0.25) is 0 Å². The van der Waals surface area contributed by atoms with Crippen molar-refractivity contribution < 1.29 is 9.47 Å². The van der Waals surface area contributed by atoms with E-state index in [0.29, 0.717) is 24.9 Å². The van der Waals surface area contributed by atoms with Gasteiger partial charge in [0.05, 0.1) is 26.0 Å². The maximum atomic E-state index is 5.52. The summed E-state index contributed by atoms with van der Waals surface area (Å²) in [6.07, 6.45) is 1.71. The lowest BCUT2D eigenvalue weighted by Crippen LogP contribution is -2.30. The Morgan fingerprint density at radius 2 is 2.08 bits per heavy atom. The number of halogens is 1. The van der Waals surface area contributed by atoms with Crippen molar-refractivity contribution in [3.05, 3.63) is 36.2 Å². The largest absolute Gasteiger partial charge is 0.493 e. The summed E-state index contributed by atoms with van der Waals surface area (Å²) in [4.78, 5) is 4.52. The molecule has 8 heteroatoms. The molecular formula is C16H24IN5O2. The zero-order chi connectivity index (χ0) is 16.5. The summed E-state index contributed by atoms with van der Waals surface area (Å²) in [7, 11) is 1.62. The second-order valence-corrected chi connectivity index (χ2v) is 4.70. The summed E-state index contributed by atoms with van der Waals surface area (Å²) in [5.74, 6) is 2.09. The Balaban J connectivity index is 0.00000288. The Bertz CT molecular complexity index is 631. The molecule has 1 aromatic heterocycles. The fourth-order valence-electron chi connectivity index (χ4n) is 2.00. The average molecular weight is 445 g/mol. The van der Waals surface area contributed by atoms with Gasteiger partial charge in [-0.25, -0.2) is 4.99 Å². The minimum Gasteiger partial charge on any atom is -0.493 e. The highest BCUT2D eigenvalue weighted by molar-refractivity contribution is 14.0. The van der Waals surface area contributed by atoms with E-state index >= 15 is 0 Å². The number of H-pyrrole nitrogens is 1. The molecule has 1 aromatic carbocycles. The van der Waals surface area contributed by atoms with Gasteiger partial charge in [-0.05, 0) is 32.0 Å². The highest BCUT2D eigenvalue weighted by Crippen LogP contribution is 2.30. The van der Waals surface area contributed by atoms with E-state index in [-0.39, 0.29) is 24.0 Å². The Kier molecular flexibility index (Phi) is 8.98. The summed E-state index contributed by atoms with van der Waals surface area (Å²) >= 11 is 0. The third kappa shape index (κ3) is 5.91. The number of guanidine groups is 1. The second-order valence-electron chi connectivity index (χ2n) is 4.70. The molecule has 24 heavy (non-hydrogen) atoms. The summed E-state index contributed by atoms with van der Waals surface area (Å²) in [5, 5.41) is 13.3. The van der Waals surface area contributed by atoms with Gasteiger partial charge in [0.1, 0.15) is 0 Å². The fourth-order valence-corrected chi connectivity index (χ4v) is 2.00. The minimum atomic E-state index is 0. The van der Waals surface area contributed by atoms with Crippen LogP contribution in [0.2, 0.25) is 0 Å². The summed E-state index contributed by atoms with van der Waals surface area (Å²) in [6.45, 7) is 5.84. The lowest BCUT2D eigenvalue weighted by atomic mass is 10.2. The molecule has 0 amide bonds. The maximum Gasteiger partial charge on any atom is 0.196 e. The van der Waals surface area contributed by atoms with Gasteiger partial charge < -0.3 is 20.1 Å². The molecule has 0 bridgehead atoms. The van der Waals surface area contributed by atoms with Crippen molar-refractivity contribution >= 4 is 35.6 Å². The number of aromatic amines is 1. The Hall–Kier alpha value is -1.97. The van der Waals surface area contributed by atoms with Crippen molar-refractivity contribution in [1.82, 2.24) is 15.5 Å². The molecule has 0 radical (unpaired) electrons. The molecule has 2 aromatic rings. The van der Waals surface area contributed by atoms with Crippen LogP contribution in [0.15, 0.2) is 35.5 Å². The van der Waals surface area contributed by atoms with Crippen molar-refractivity contribution in [3.63, 3.8) is 0 Å². The number of nitrogens with zero attached hydrogens (tertiary/aromatic N) is 2. The predicted molar refractivity (Wildman–Crippen MR) is 107 cm³/mol. The second kappa shape index (κ2) is 10.7. The zero-order valence-electron chi connectivity index (χ0n) is 14.1. The molecule has 0 aliphatic rings. The van der Waals surface area contributed by atoms with Crippen LogP contribution in [0.4, 0.5) is 5.69 Å². The topological polar surface area (TPSA) is 83.6 Å². The van der Waals surface area contributed by atoms with E-state index in [0.717, 1.165) is 23.7 Å². The van der Waals surface area contributed by atoms with Crippen molar-refractivity contribution in [3.8, 4) is 11.5 Å². The van der Waals surface area contributed by atoms with Gasteiger partial charge in [-0.1, -0.05) is 0 Å². The quantitative estimate of drug-likeness (QED) is 0.347. The van der Waals surface area contributed by atoms with Crippen LogP contribution in [-0.2, 0) is 6.54 Å². The van der Waals surface area contributed by atoms with Crippen molar-refractivity contribution in [2.75, 3.05) is 25.6 Å². The molecule has 1 heterocycles. The summed E-state index contributed by atoms with van der Waals surface area (Å²) < 4.78 is 10.9. The van der Waals surface area contributed by atoms with Crippen molar-refractivity contribution in [1.29, 1.82) is 0 Å². The normalized spacial score (nSPS) is 10.7. The first kappa shape index (κ1) is 20.1. The monoisotopic (exact) mass is 445 g/mol. The molecule has 0 saturated carbocycles. The van der Waals surface area contributed by atoms with Crippen LogP contribution in [0.25, 0.3) is 0 Å². The van der Waals surface area contributed by atoms with E-state index in [1.54, 1.807) is 13.3 Å². The number of methoxy groups -OCH3 is 1. The van der Waals surface area contributed by atoms with Crippen molar-refractivity contribution in [2.24, 2.45) is 4.99 Å². The third-order valence-corrected chi connectivity index (χ3v) is 3.04. The average Bonchev–Trinajstić information content (AvgIpc) is 3.08. The summed E-state index contributed by atoms with van der Waals surface area (Å²) in [5.41, 5.74) is 1.82. The number of hydrogen-bond acceptors (Lipinski definition) is 4. The molecule has 7 nitrogen and oxygen atoms in total. The SMILES string of the molecule is CCNC(=NCc1ccn[nH]1)Nc1ccc(OCC)c(OC)c1.I. The minimum absolute atomic E-state index is 0. The van der Waals surface area contributed by atoms with E-state index < -0.39 is 0 Å². The number of benzene rings is 1. The molecule has 0 aliphatic heterocycles. The number of rotatable bonds is 7. The van der Waals surface area contributed by atoms with E-state index in [2.05, 4.69) is 25.8 Å².